The van der Waals surface area contributed by atoms with Crippen LogP contribution in [0.3, 0.4) is 0 Å². The van der Waals surface area contributed by atoms with Gasteiger partial charge in [0.1, 0.15) is 23.3 Å². The lowest BCUT2D eigenvalue weighted by Gasteiger charge is -2.42. The minimum absolute atomic E-state index is 0.0396. The highest BCUT2D eigenvalue weighted by atomic mass is 19.4. The second kappa shape index (κ2) is 12.7. The molecule has 0 bridgehead atoms. The highest BCUT2D eigenvalue weighted by Crippen LogP contribution is 2.49. The third kappa shape index (κ3) is 6.79. The maximum atomic E-state index is 15.4. The van der Waals surface area contributed by atoms with Crippen LogP contribution in [-0.4, -0.2) is 6.18 Å². The number of alkyl halides is 3. The minimum Gasteiger partial charge on any atom is -0.206 e. The average molecular weight is 589 g/mol. The van der Waals surface area contributed by atoms with Crippen molar-refractivity contribution in [3.05, 3.63) is 70.8 Å². The van der Waals surface area contributed by atoms with Crippen LogP contribution >= 0.6 is 0 Å². The van der Waals surface area contributed by atoms with E-state index in [2.05, 4.69) is 6.92 Å². The molecular formula is C35H35F7. The van der Waals surface area contributed by atoms with Crippen molar-refractivity contribution in [1.82, 2.24) is 0 Å². The Morgan fingerprint density at radius 2 is 1.50 bits per heavy atom. The van der Waals surface area contributed by atoms with E-state index in [0.29, 0.717) is 17.4 Å². The van der Waals surface area contributed by atoms with Crippen LogP contribution in [0.1, 0.15) is 94.6 Å². The number of rotatable bonds is 7. The lowest BCUT2D eigenvalue weighted by Crippen LogP contribution is -2.30. The van der Waals surface area contributed by atoms with E-state index in [4.69, 9.17) is 0 Å². The van der Waals surface area contributed by atoms with Gasteiger partial charge in [-0.25, -0.2) is 17.6 Å². The summed E-state index contributed by atoms with van der Waals surface area (Å²) in [7, 11) is 0. The number of benzene rings is 3. The molecule has 0 spiro atoms. The van der Waals surface area contributed by atoms with Gasteiger partial charge in [-0.2, -0.15) is 13.2 Å². The Labute approximate surface area is 242 Å². The molecule has 0 aliphatic heterocycles. The zero-order chi connectivity index (χ0) is 30.0. The number of halogens is 7. The van der Waals surface area contributed by atoms with Crippen molar-refractivity contribution in [3.8, 4) is 23.0 Å². The number of fused-ring (bicyclic) bond motifs is 2. The molecule has 0 amide bonds. The predicted molar refractivity (Wildman–Crippen MR) is 152 cm³/mol. The molecule has 3 aromatic rings. The third-order valence-corrected chi connectivity index (χ3v) is 9.37. The van der Waals surface area contributed by atoms with Gasteiger partial charge in [0.15, 0.2) is 0 Å². The molecule has 2 aliphatic carbocycles. The van der Waals surface area contributed by atoms with Crippen molar-refractivity contribution >= 4 is 10.8 Å². The summed E-state index contributed by atoms with van der Waals surface area (Å²) >= 11 is 0. The summed E-state index contributed by atoms with van der Waals surface area (Å²) < 4.78 is 97.5. The van der Waals surface area contributed by atoms with Crippen molar-refractivity contribution in [2.24, 2.45) is 17.8 Å². The summed E-state index contributed by atoms with van der Waals surface area (Å²) in [5.74, 6) is 0.479. The van der Waals surface area contributed by atoms with Gasteiger partial charge in [-0.1, -0.05) is 63.5 Å². The molecule has 0 heterocycles. The number of unbranched alkanes of at least 4 members (excludes halogenated alkanes) is 3. The SMILES string of the molecule is CCCCCCC1CCC2CC(c3cc(F)c(-c4ccc5c(F)c(C#CC(F)(F)F)c(F)cc5c4)c(F)c3)CCC2C1. The zero-order valence-electron chi connectivity index (χ0n) is 23.7. The largest absolute Gasteiger partial charge is 0.458 e. The normalized spacial score (nSPS) is 22.5. The van der Waals surface area contributed by atoms with Crippen LogP contribution < -0.4 is 0 Å². The molecule has 0 nitrogen and oxygen atoms in total. The molecule has 0 radical (unpaired) electrons. The van der Waals surface area contributed by atoms with Crippen molar-refractivity contribution in [3.63, 3.8) is 0 Å². The Bertz CT molecular complexity index is 1470. The maximum Gasteiger partial charge on any atom is 0.458 e. The van der Waals surface area contributed by atoms with Crippen LogP contribution in [-0.2, 0) is 0 Å². The second-order valence-electron chi connectivity index (χ2n) is 12.1. The topological polar surface area (TPSA) is 0 Å². The van der Waals surface area contributed by atoms with Gasteiger partial charge in [0, 0.05) is 11.3 Å². The van der Waals surface area contributed by atoms with Gasteiger partial charge in [-0.05, 0) is 96.6 Å². The minimum atomic E-state index is -4.91. The standard InChI is InChI=1S/C35H35F7/c1-2-3-4-5-6-21-7-8-23-16-24(10-9-22(23)15-21)26-18-31(37)33(32(38)19-26)25-11-12-28-27(17-25)20-30(36)29(34(28)39)13-14-35(40,41)42/h11-12,17-24H,2-10,15-16H2,1H3. The quantitative estimate of drug-likeness (QED) is 0.146. The van der Waals surface area contributed by atoms with Gasteiger partial charge < -0.3 is 0 Å². The van der Waals surface area contributed by atoms with Crippen molar-refractivity contribution in [2.45, 2.75) is 89.6 Å². The van der Waals surface area contributed by atoms with E-state index in [-0.39, 0.29) is 27.8 Å². The molecular weight excluding hydrogens is 553 g/mol. The predicted octanol–water partition coefficient (Wildman–Crippen LogP) is 11.2. The first-order chi connectivity index (χ1) is 20.0. The molecule has 0 aromatic heterocycles. The molecule has 0 N–H and O–H groups in total. The van der Waals surface area contributed by atoms with E-state index < -0.39 is 35.0 Å². The molecule has 42 heavy (non-hydrogen) atoms. The molecule has 2 aliphatic rings. The van der Waals surface area contributed by atoms with Gasteiger partial charge >= 0.3 is 6.18 Å². The lowest BCUT2D eigenvalue weighted by molar-refractivity contribution is -0.0696. The van der Waals surface area contributed by atoms with Crippen LogP contribution in [0.5, 0.6) is 0 Å². The Morgan fingerprint density at radius 3 is 2.21 bits per heavy atom. The first-order valence-corrected chi connectivity index (χ1v) is 15.0. The lowest BCUT2D eigenvalue weighted by atomic mass is 9.63. The van der Waals surface area contributed by atoms with Crippen LogP contribution in [0.4, 0.5) is 30.7 Å². The number of hydrogen-bond donors (Lipinski definition) is 0. The van der Waals surface area contributed by atoms with Gasteiger partial charge in [-0.15, -0.1) is 0 Å². The highest BCUT2D eigenvalue weighted by molar-refractivity contribution is 5.89. The van der Waals surface area contributed by atoms with Gasteiger partial charge in [0.05, 0.1) is 11.1 Å². The fourth-order valence-corrected chi connectivity index (χ4v) is 7.25. The van der Waals surface area contributed by atoms with Crippen LogP contribution in [0.15, 0.2) is 36.4 Å². The van der Waals surface area contributed by atoms with Gasteiger partial charge in [0.25, 0.3) is 0 Å². The molecule has 224 valence electrons. The molecule has 3 aromatic carbocycles. The molecule has 2 saturated carbocycles. The number of hydrogen-bond acceptors (Lipinski definition) is 0. The Balaban J connectivity index is 1.32. The van der Waals surface area contributed by atoms with E-state index in [0.717, 1.165) is 37.2 Å². The fourth-order valence-electron chi connectivity index (χ4n) is 7.25. The highest BCUT2D eigenvalue weighted by Gasteiger charge is 2.36. The van der Waals surface area contributed by atoms with E-state index >= 15 is 8.78 Å². The summed E-state index contributed by atoms with van der Waals surface area (Å²) in [6.07, 6.45) is 8.15. The van der Waals surface area contributed by atoms with Crippen molar-refractivity contribution in [1.29, 1.82) is 0 Å². The first kappa shape index (κ1) is 30.4. The Hall–Kier alpha value is -3.01. The zero-order valence-corrected chi connectivity index (χ0v) is 23.7. The first-order valence-electron chi connectivity index (χ1n) is 15.0. The van der Waals surface area contributed by atoms with Gasteiger partial charge in [0.2, 0.25) is 0 Å². The summed E-state index contributed by atoms with van der Waals surface area (Å²) in [4.78, 5) is 0. The molecule has 5 rings (SSSR count). The average Bonchev–Trinajstić information content (AvgIpc) is 2.93. The smallest absolute Gasteiger partial charge is 0.206 e. The van der Waals surface area contributed by atoms with E-state index in [1.807, 2.05) is 0 Å². The maximum absolute atomic E-state index is 15.4. The Morgan fingerprint density at radius 1 is 0.786 bits per heavy atom. The van der Waals surface area contributed by atoms with E-state index in [1.165, 1.54) is 87.6 Å². The van der Waals surface area contributed by atoms with Crippen LogP contribution in [0, 0.1) is 52.9 Å². The van der Waals surface area contributed by atoms with Crippen LogP contribution in [0.2, 0.25) is 0 Å². The third-order valence-electron chi connectivity index (χ3n) is 9.37. The molecule has 4 unspecified atom stereocenters. The van der Waals surface area contributed by atoms with Crippen LogP contribution in [0.25, 0.3) is 21.9 Å². The summed E-state index contributed by atoms with van der Waals surface area (Å²) in [5, 5.41) is -0.237. The molecule has 0 saturated heterocycles. The monoisotopic (exact) mass is 588 g/mol. The van der Waals surface area contributed by atoms with E-state index in [9.17, 15) is 22.0 Å². The van der Waals surface area contributed by atoms with Crippen molar-refractivity contribution < 1.29 is 30.7 Å². The molecule has 4 atom stereocenters. The Kier molecular flexibility index (Phi) is 9.20. The summed E-state index contributed by atoms with van der Waals surface area (Å²) in [6, 6.07) is 7.26. The molecule has 2 fully saturated rings. The fraction of sp³-hybridized carbons (Fsp3) is 0.486. The van der Waals surface area contributed by atoms with E-state index in [1.54, 1.807) is 0 Å². The summed E-state index contributed by atoms with van der Waals surface area (Å²) in [6.45, 7) is 2.23. The molecule has 7 heteroatoms. The van der Waals surface area contributed by atoms with Crippen molar-refractivity contribution in [2.75, 3.05) is 0 Å². The second-order valence-corrected chi connectivity index (χ2v) is 12.1. The summed E-state index contributed by atoms with van der Waals surface area (Å²) in [5.41, 5.74) is -0.596. The van der Waals surface area contributed by atoms with Gasteiger partial charge in [-0.3, -0.25) is 0 Å².